The second-order valence-corrected chi connectivity index (χ2v) is 6.06. The Morgan fingerprint density at radius 1 is 1.21 bits per heavy atom. The molecule has 0 unspecified atom stereocenters. The van der Waals surface area contributed by atoms with E-state index in [9.17, 15) is 4.79 Å². The van der Waals surface area contributed by atoms with Crippen molar-refractivity contribution in [2.24, 2.45) is 0 Å². The molecule has 1 aliphatic heterocycles. The Morgan fingerprint density at radius 3 is 2.67 bits per heavy atom. The molecule has 2 heterocycles. The molecule has 1 aromatic heterocycles. The zero-order chi connectivity index (χ0) is 16.8. The van der Waals surface area contributed by atoms with Crippen molar-refractivity contribution in [2.45, 2.75) is 13.3 Å². The first-order chi connectivity index (χ1) is 11.7. The normalized spacial score (nSPS) is 15.3. The van der Waals surface area contributed by atoms with Gasteiger partial charge in [0.25, 0.3) is 5.91 Å². The SMILES string of the molecule is CCc1cccc(NC(=O)C[NH+]2CCN(c3ncccn3)CC2)c1. The maximum absolute atomic E-state index is 12.3. The van der Waals surface area contributed by atoms with Crippen molar-refractivity contribution in [3.63, 3.8) is 0 Å². The number of rotatable bonds is 5. The Hall–Kier alpha value is -2.47. The molecule has 0 radical (unpaired) electrons. The molecule has 3 rings (SSSR count). The first kappa shape index (κ1) is 16.4. The van der Waals surface area contributed by atoms with E-state index in [-0.39, 0.29) is 5.91 Å². The Balaban J connectivity index is 1.48. The highest BCUT2D eigenvalue weighted by molar-refractivity contribution is 5.91. The van der Waals surface area contributed by atoms with Gasteiger partial charge in [-0.25, -0.2) is 9.97 Å². The lowest BCUT2D eigenvalue weighted by Crippen LogP contribution is -3.15. The fourth-order valence-electron chi connectivity index (χ4n) is 2.96. The van der Waals surface area contributed by atoms with Crippen LogP contribution >= 0.6 is 0 Å². The Morgan fingerprint density at radius 2 is 1.96 bits per heavy atom. The number of hydrogen-bond acceptors (Lipinski definition) is 4. The van der Waals surface area contributed by atoms with Crippen LogP contribution in [0.1, 0.15) is 12.5 Å². The summed E-state index contributed by atoms with van der Waals surface area (Å²) in [5, 5.41) is 3.01. The number of aryl methyl sites for hydroxylation is 1. The lowest BCUT2D eigenvalue weighted by molar-refractivity contribution is -0.892. The monoisotopic (exact) mass is 326 g/mol. The largest absolute Gasteiger partial charge is 0.330 e. The van der Waals surface area contributed by atoms with Crippen LogP contribution in [0.4, 0.5) is 11.6 Å². The van der Waals surface area contributed by atoms with Crippen molar-refractivity contribution < 1.29 is 9.69 Å². The van der Waals surface area contributed by atoms with Gasteiger partial charge >= 0.3 is 0 Å². The van der Waals surface area contributed by atoms with E-state index in [1.165, 1.54) is 10.5 Å². The van der Waals surface area contributed by atoms with E-state index in [4.69, 9.17) is 0 Å². The van der Waals surface area contributed by atoms with E-state index in [0.29, 0.717) is 6.54 Å². The average Bonchev–Trinajstić information content (AvgIpc) is 2.63. The highest BCUT2D eigenvalue weighted by Gasteiger charge is 2.23. The molecule has 126 valence electrons. The molecule has 1 aromatic carbocycles. The topological polar surface area (TPSA) is 62.6 Å². The third kappa shape index (κ3) is 4.29. The summed E-state index contributed by atoms with van der Waals surface area (Å²) in [6.45, 7) is 6.19. The number of quaternary nitrogens is 1. The summed E-state index contributed by atoms with van der Waals surface area (Å²) in [4.78, 5) is 24.3. The van der Waals surface area contributed by atoms with Crippen LogP contribution in [0.3, 0.4) is 0 Å². The maximum Gasteiger partial charge on any atom is 0.279 e. The minimum atomic E-state index is 0.0719. The smallest absolute Gasteiger partial charge is 0.279 e. The molecule has 0 atom stereocenters. The van der Waals surface area contributed by atoms with E-state index >= 15 is 0 Å². The maximum atomic E-state index is 12.3. The van der Waals surface area contributed by atoms with Gasteiger partial charge in [-0.2, -0.15) is 0 Å². The Bertz CT molecular complexity index is 668. The number of nitrogens with one attached hydrogen (secondary N) is 2. The fraction of sp³-hybridized carbons (Fsp3) is 0.389. The molecule has 0 saturated carbocycles. The average molecular weight is 326 g/mol. The van der Waals surface area contributed by atoms with Crippen molar-refractivity contribution in [1.82, 2.24) is 9.97 Å². The minimum absolute atomic E-state index is 0.0719. The zero-order valence-electron chi connectivity index (χ0n) is 14.0. The summed E-state index contributed by atoms with van der Waals surface area (Å²) in [7, 11) is 0. The van der Waals surface area contributed by atoms with Crippen molar-refractivity contribution >= 4 is 17.5 Å². The highest BCUT2D eigenvalue weighted by atomic mass is 16.2. The third-order valence-corrected chi connectivity index (χ3v) is 4.34. The van der Waals surface area contributed by atoms with Gasteiger partial charge in [0, 0.05) is 18.1 Å². The molecule has 0 bridgehead atoms. The molecule has 24 heavy (non-hydrogen) atoms. The molecule has 6 nitrogen and oxygen atoms in total. The number of hydrogen-bond donors (Lipinski definition) is 2. The number of piperazine rings is 1. The van der Waals surface area contributed by atoms with Crippen LogP contribution in [0, 0.1) is 0 Å². The number of carbonyl (C=O) groups is 1. The van der Waals surface area contributed by atoms with E-state index in [2.05, 4.69) is 33.2 Å². The van der Waals surface area contributed by atoms with Crippen LogP contribution in [-0.4, -0.2) is 48.6 Å². The molecule has 1 aliphatic rings. The van der Waals surface area contributed by atoms with Gasteiger partial charge in [-0.1, -0.05) is 19.1 Å². The summed E-state index contributed by atoms with van der Waals surface area (Å²) in [6, 6.07) is 9.86. The van der Waals surface area contributed by atoms with Crippen molar-refractivity contribution in [3.05, 3.63) is 48.3 Å². The molecule has 0 aliphatic carbocycles. The van der Waals surface area contributed by atoms with Crippen LogP contribution in [0.25, 0.3) is 0 Å². The molecule has 2 N–H and O–H groups in total. The number of nitrogens with zero attached hydrogens (tertiary/aromatic N) is 3. The van der Waals surface area contributed by atoms with Crippen molar-refractivity contribution in [1.29, 1.82) is 0 Å². The summed E-state index contributed by atoms with van der Waals surface area (Å²) in [5.41, 5.74) is 2.12. The number of carbonyl (C=O) groups excluding carboxylic acids is 1. The van der Waals surface area contributed by atoms with Gasteiger partial charge in [0.1, 0.15) is 0 Å². The number of anilines is 2. The van der Waals surface area contributed by atoms with E-state index in [0.717, 1.165) is 44.2 Å². The zero-order valence-corrected chi connectivity index (χ0v) is 14.0. The van der Waals surface area contributed by atoms with Crippen LogP contribution in [0.15, 0.2) is 42.7 Å². The summed E-state index contributed by atoms with van der Waals surface area (Å²) < 4.78 is 0. The van der Waals surface area contributed by atoms with Gasteiger partial charge in [0.15, 0.2) is 6.54 Å². The molecule has 1 amide bonds. The highest BCUT2D eigenvalue weighted by Crippen LogP contribution is 2.10. The van der Waals surface area contributed by atoms with E-state index in [1.54, 1.807) is 12.4 Å². The second kappa shape index (κ2) is 7.88. The fourth-order valence-corrected chi connectivity index (χ4v) is 2.96. The molecule has 6 heteroatoms. The van der Waals surface area contributed by atoms with Crippen LogP contribution in [-0.2, 0) is 11.2 Å². The molecule has 1 fully saturated rings. The van der Waals surface area contributed by atoms with Crippen LogP contribution in [0.2, 0.25) is 0 Å². The van der Waals surface area contributed by atoms with Gasteiger partial charge in [0.2, 0.25) is 5.95 Å². The molecule has 0 spiro atoms. The number of aromatic nitrogens is 2. The Kier molecular flexibility index (Phi) is 5.38. The standard InChI is InChI=1S/C18H23N5O/c1-2-15-5-3-6-16(13-15)21-17(24)14-22-9-11-23(12-10-22)18-19-7-4-8-20-18/h3-8,13H,2,9-12,14H2,1H3,(H,21,24)/p+1. The van der Waals surface area contributed by atoms with Crippen molar-refractivity contribution in [2.75, 3.05) is 42.9 Å². The van der Waals surface area contributed by atoms with Gasteiger partial charge in [-0.3, -0.25) is 4.79 Å². The first-order valence-electron chi connectivity index (χ1n) is 8.49. The molecule has 2 aromatic rings. The minimum Gasteiger partial charge on any atom is -0.330 e. The van der Waals surface area contributed by atoms with Gasteiger partial charge in [-0.05, 0) is 30.2 Å². The molecular formula is C18H24N5O+. The lowest BCUT2D eigenvalue weighted by Gasteiger charge is -2.31. The molecule has 1 saturated heterocycles. The lowest BCUT2D eigenvalue weighted by atomic mass is 10.1. The quantitative estimate of drug-likeness (QED) is 0.834. The first-order valence-corrected chi connectivity index (χ1v) is 8.49. The number of amides is 1. The van der Waals surface area contributed by atoms with E-state index < -0.39 is 0 Å². The van der Waals surface area contributed by atoms with Crippen LogP contribution in [0.5, 0.6) is 0 Å². The predicted molar refractivity (Wildman–Crippen MR) is 94.3 cm³/mol. The van der Waals surface area contributed by atoms with Gasteiger partial charge in [0.05, 0.1) is 26.2 Å². The predicted octanol–water partition coefficient (Wildman–Crippen LogP) is 0.383. The third-order valence-electron chi connectivity index (χ3n) is 4.34. The van der Waals surface area contributed by atoms with Gasteiger partial charge < -0.3 is 15.1 Å². The van der Waals surface area contributed by atoms with Gasteiger partial charge in [-0.15, -0.1) is 0 Å². The summed E-state index contributed by atoms with van der Waals surface area (Å²) >= 11 is 0. The second-order valence-electron chi connectivity index (χ2n) is 6.06. The molecular weight excluding hydrogens is 302 g/mol. The summed E-state index contributed by atoms with van der Waals surface area (Å²) in [6.07, 6.45) is 4.50. The number of benzene rings is 1. The summed E-state index contributed by atoms with van der Waals surface area (Å²) in [5.74, 6) is 0.847. The van der Waals surface area contributed by atoms with E-state index in [1.807, 2.05) is 24.3 Å². The van der Waals surface area contributed by atoms with Crippen LogP contribution < -0.4 is 15.1 Å². The van der Waals surface area contributed by atoms with Crippen molar-refractivity contribution in [3.8, 4) is 0 Å². The Labute approximate surface area is 142 Å².